The Morgan fingerprint density at radius 1 is 1.32 bits per heavy atom. The summed E-state index contributed by atoms with van der Waals surface area (Å²) in [5, 5.41) is 3.28. The summed E-state index contributed by atoms with van der Waals surface area (Å²) >= 11 is 0. The minimum Gasteiger partial charge on any atom is -0.450 e. The molecule has 1 aromatic carbocycles. The van der Waals surface area contributed by atoms with Crippen LogP contribution in [0.5, 0.6) is 0 Å². The Balaban J connectivity index is 0.00000392. The van der Waals surface area contributed by atoms with Gasteiger partial charge in [0.15, 0.2) is 5.96 Å². The molecule has 1 aliphatic rings. The number of anilines is 1. The molecule has 0 radical (unpaired) electrons. The van der Waals surface area contributed by atoms with Gasteiger partial charge in [0.05, 0.1) is 13.2 Å². The van der Waals surface area contributed by atoms with E-state index in [2.05, 4.69) is 53.3 Å². The van der Waals surface area contributed by atoms with Gasteiger partial charge in [-0.05, 0) is 45.2 Å². The lowest BCUT2D eigenvalue weighted by atomic mass is 10.1. The van der Waals surface area contributed by atoms with Crippen molar-refractivity contribution < 1.29 is 9.53 Å². The summed E-state index contributed by atoms with van der Waals surface area (Å²) in [5.74, 6) is 0.477. The van der Waals surface area contributed by atoms with E-state index in [0.29, 0.717) is 32.2 Å². The molecule has 0 unspecified atom stereocenters. The SMILES string of the molecule is CCOC(=O)N1CCC(NC(N)=NCCN(CC)c2ccccc2C)CC1.I. The molecule has 0 spiro atoms. The Hall–Kier alpha value is -1.71. The molecule has 28 heavy (non-hydrogen) atoms. The maximum absolute atomic E-state index is 11.7. The Morgan fingerprint density at radius 3 is 2.61 bits per heavy atom. The van der Waals surface area contributed by atoms with Crippen LogP contribution in [0.3, 0.4) is 0 Å². The maximum Gasteiger partial charge on any atom is 0.409 e. The molecule has 2 rings (SSSR count). The van der Waals surface area contributed by atoms with E-state index in [1.807, 2.05) is 6.92 Å². The monoisotopic (exact) mass is 503 g/mol. The van der Waals surface area contributed by atoms with Crippen molar-refractivity contribution in [3.8, 4) is 0 Å². The number of nitrogens with zero attached hydrogens (tertiary/aromatic N) is 3. The fraction of sp³-hybridized carbons (Fsp3) is 0.600. The smallest absolute Gasteiger partial charge is 0.409 e. The van der Waals surface area contributed by atoms with Gasteiger partial charge in [-0.2, -0.15) is 0 Å². The van der Waals surface area contributed by atoms with Crippen LogP contribution in [-0.4, -0.2) is 62.3 Å². The first kappa shape index (κ1) is 24.3. The second-order valence-electron chi connectivity index (χ2n) is 6.74. The van der Waals surface area contributed by atoms with Gasteiger partial charge in [-0.15, -0.1) is 24.0 Å². The van der Waals surface area contributed by atoms with Gasteiger partial charge in [-0.25, -0.2) is 4.79 Å². The first-order valence-corrected chi connectivity index (χ1v) is 9.83. The van der Waals surface area contributed by atoms with E-state index in [1.165, 1.54) is 11.3 Å². The van der Waals surface area contributed by atoms with Crippen molar-refractivity contribution in [2.24, 2.45) is 10.7 Å². The highest BCUT2D eigenvalue weighted by molar-refractivity contribution is 14.0. The number of piperidine rings is 1. The summed E-state index contributed by atoms with van der Waals surface area (Å²) in [6, 6.07) is 8.63. The standard InChI is InChI=1S/C20H33N5O2.HI/c1-4-24(18-9-7-6-8-16(18)3)15-12-22-19(21)23-17-10-13-25(14-11-17)20(26)27-5-2;/h6-9,17H,4-5,10-15H2,1-3H3,(H3,21,22,23);1H. The fourth-order valence-electron chi connectivity index (χ4n) is 3.33. The molecule has 1 aliphatic heterocycles. The number of likely N-dealkylation sites (tertiary alicyclic amines) is 1. The lowest BCUT2D eigenvalue weighted by molar-refractivity contribution is 0.0963. The number of likely N-dealkylation sites (N-methyl/N-ethyl adjacent to an activating group) is 1. The van der Waals surface area contributed by atoms with Crippen molar-refractivity contribution in [3.63, 3.8) is 0 Å². The van der Waals surface area contributed by atoms with Crippen molar-refractivity contribution in [2.75, 3.05) is 44.2 Å². The molecule has 0 atom stereocenters. The van der Waals surface area contributed by atoms with E-state index in [9.17, 15) is 4.79 Å². The molecule has 8 heteroatoms. The van der Waals surface area contributed by atoms with Gasteiger partial charge in [0, 0.05) is 37.9 Å². The van der Waals surface area contributed by atoms with Gasteiger partial charge in [0.2, 0.25) is 0 Å². The molecule has 7 nitrogen and oxygen atoms in total. The topological polar surface area (TPSA) is 83.2 Å². The molecule has 0 aromatic heterocycles. The van der Waals surface area contributed by atoms with E-state index in [0.717, 1.165) is 25.9 Å². The molecule has 0 saturated carbocycles. The first-order valence-electron chi connectivity index (χ1n) is 9.83. The third-order valence-electron chi connectivity index (χ3n) is 4.86. The van der Waals surface area contributed by atoms with E-state index in [-0.39, 0.29) is 36.1 Å². The number of carbonyl (C=O) groups is 1. The zero-order valence-electron chi connectivity index (χ0n) is 17.2. The Morgan fingerprint density at radius 2 is 2.00 bits per heavy atom. The second-order valence-corrected chi connectivity index (χ2v) is 6.74. The summed E-state index contributed by atoms with van der Waals surface area (Å²) in [4.78, 5) is 20.3. The minimum atomic E-state index is -0.228. The van der Waals surface area contributed by atoms with Crippen molar-refractivity contribution in [1.82, 2.24) is 10.2 Å². The van der Waals surface area contributed by atoms with Gasteiger partial charge in [-0.1, -0.05) is 18.2 Å². The van der Waals surface area contributed by atoms with E-state index >= 15 is 0 Å². The number of halogens is 1. The number of nitrogens with two attached hydrogens (primary N) is 1. The zero-order chi connectivity index (χ0) is 19.6. The number of aryl methyl sites for hydroxylation is 1. The quantitative estimate of drug-likeness (QED) is 0.340. The Labute approximate surface area is 185 Å². The largest absolute Gasteiger partial charge is 0.450 e. The van der Waals surface area contributed by atoms with Gasteiger partial charge in [0.1, 0.15) is 0 Å². The number of rotatable bonds is 7. The van der Waals surface area contributed by atoms with Crippen LogP contribution in [0, 0.1) is 6.92 Å². The predicted octanol–water partition coefficient (Wildman–Crippen LogP) is 2.96. The van der Waals surface area contributed by atoms with Crippen molar-refractivity contribution in [2.45, 2.75) is 39.7 Å². The summed E-state index contributed by atoms with van der Waals surface area (Å²) in [6.45, 7) is 10.3. The highest BCUT2D eigenvalue weighted by Gasteiger charge is 2.23. The minimum absolute atomic E-state index is 0. The number of guanidine groups is 1. The molecule has 1 saturated heterocycles. The summed E-state index contributed by atoms with van der Waals surface area (Å²) in [6.07, 6.45) is 1.46. The Bertz CT molecular complexity index is 633. The van der Waals surface area contributed by atoms with Crippen LogP contribution >= 0.6 is 24.0 Å². The lowest BCUT2D eigenvalue weighted by Gasteiger charge is -2.31. The van der Waals surface area contributed by atoms with Crippen LogP contribution in [0.25, 0.3) is 0 Å². The normalized spacial score (nSPS) is 15.0. The number of nitrogens with one attached hydrogen (secondary N) is 1. The van der Waals surface area contributed by atoms with Gasteiger partial charge < -0.3 is 25.6 Å². The molecule has 158 valence electrons. The first-order chi connectivity index (χ1) is 13.0. The molecular formula is C20H34IN5O2. The number of aliphatic imine (C=N–C) groups is 1. The van der Waals surface area contributed by atoms with Crippen LogP contribution in [0.15, 0.2) is 29.3 Å². The van der Waals surface area contributed by atoms with Gasteiger partial charge in [-0.3, -0.25) is 4.99 Å². The molecule has 3 N–H and O–H groups in total. The molecule has 1 heterocycles. The number of hydrogen-bond acceptors (Lipinski definition) is 4. The highest BCUT2D eigenvalue weighted by atomic mass is 127. The van der Waals surface area contributed by atoms with Crippen molar-refractivity contribution in [3.05, 3.63) is 29.8 Å². The molecular weight excluding hydrogens is 469 g/mol. The molecule has 0 aliphatic carbocycles. The number of ether oxygens (including phenoxy) is 1. The molecule has 1 amide bonds. The number of benzene rings is 1. The lowest BCUT2D eigenvalue weighted by Crippen LogP contribution is -2.48. The van der Waals surface area contributed by atoms with E-state index < -0.39 is 0 Å². The van der Waals surface area contributed by atoms with Crippen LogP contribution in [-0.2, 0) is 4.74 Å². The second kappa shape index (κ2) is 12.7. The van der Waals surface area contributed by atoms with Crippen LogP contribution in [0.2, 0.25) is 0 Å². The summed E-state index contributed by atoms with van der Waals surface area (Å²) in [5.41, 5.74) is 8.57. The van der Waals surface area contributed by atoms with Crippen LogP contribution in [0.4, 0.5) is 10.5 Å². The van der Waals surface area contributed by atoms with E-state index in [1.54, 1.807) is 4.90 Å². The summed E-state index contributed by atoms with van der Waals surface area (Å²) < 4.78 is 5.04. The Kier molecular flexibility index (Phi) is 11.0. The highest BCUT2D eigenvalue weighted by Crippen LogP contribution is 2.18. The van der Waals surface area contributed by atoms with Crippen LogP contribution in [0.1, 0.15) is 32.3 Å². The summed E-state index contributed by atoms with van der Waals surface area (Å²) in [7, 11) is 0. The fourth-order valence-corrected chi connectivity index (χ4v) is 3.33. The van der Waals surface area contributed by atoms with Crippen molar-refractivity contribution >= 4 is 41.7 Å². The molecule has 1 aromatic rings. The number of amides is 1. The van der Waals surface area contributed by atoms with Gasteiger partial charge >= 0.3 is 6.09 Å². The third-order valence-corrected chi connectivity index (χ3v) is 4.86. The number of para-hydroxylation sites is 1. The van der Waals surface area contributed by atoms with Crippen LogP contribution < -0.4 is 16.0 Å². The number of hydrogen-bond donors (Lipinski definition) is 2. The third kappa shape index (κ3) is 7.37. The van der Waals surface area contributed by atoms with Crippen molar-refractivity contribution in [1.29, 1.82) is 0 Å². The molecule has 1 fully saturated rings. The molecule has 0 bridgehead atoms. The number of carbonyl (C=O) groups excluding carboxylic acids is 1. The van der Waals surface area contributed by atoms with E-state index in [4.69, 9.17) is 10.5 Å². The average molecular weight is 503 g/mol. The zero-order valence-corrected chi connectivity index (χ0v) is 19.5. The average Bonchev–Trinajstić information content (AvgIpc) is 2.67. The van der Waals surface area contributed by atoms with Gasteiger partial charge in [0.25, 0.3) is 0 Å². The predicted molar refractivity (Wildman–Crippen MR) is 126 cm³/mol. The maximum atomic E-state index is 11.7.